The van der Waals surface area contributed by atoms with Gasteiger partial charge in [-0.15, -0.1) is 0 Å². The third-order valence-electron chi connectivity index (χ3n) is 1.91. The van der Waals surface area contributed by atoms with Gasteiger partial charge in [0.15, 0.2) is 0 Å². The molecule has 1 aromatic carbocycles. The molecule has 0 unspecified atom stereocenters. The fraction of sp³-hybridized carbons (Fsp3) is 0.273. The average molecular weight is 206 g/mol. The van der Waals surface area contributed by atoms with Crippen molar-refractivity contribution in [3.05, 3.63) is 35.4 Å². The molecule has 0 bridgehead atoms. The summed E-state index contributed by atoms with van der Waals surface area (Å²) in [6.45, 7) is 3.06. The van der Waals surface area contributed by atoms with E-state index in [0.717, 1.165) is 5.56 Å². The molecule has 0 radical (unpaired) electrons. The van der Waals surface area contributed by atoms with E-state index in [9.17, 15) is 4.79 Å². The molecule has 0 saturated heterocycles. The Morgan fingerprint density at radius 3 is 2.73 bits per heavy atom. The van der Waals surface area contributed by atoms with Crippen LogP contribution in [0.3, 0.4) is 0 Å². The van der Waals surface area contributed by atoms with Crippen LogP contribution in [-0.2, 0) is 9.53 Å². The number of amidine groups is 1. The number of carbonyl (C=O) groups excluding carboxylic acids is 1. The van der Waals surface area contributed by atoms with Crippen LogP contribution in [0.1, 0.15) is 11.1 Å². The van der Waals surface area contributed by atoms with Gasteiger partial charge in [-0.05, 0) is 6.92 Å². The lowest BCUT2D eigenvalue weighted by Crippen LogP contribution is -2.14. The number of benzene rings is 1. The molecule has 0 aliphatic rings. The molecule has 0 aliphatic carbocycles. The summed E-state index contributed by atoms with van der Waals surface area (Å²) in [5.41, 5.74) is 7.79. The van der Waals surface area contributed by atoms with Gasteiger partial charge in [-0.3, -0.25) is 9.79 Å². The number of hydrogen-bond donors (Lipinski definition) is 1. The second-order valence-corrected chi connectivity index (χ2v) is 3.10. The number of nitrogens with two attached hydrogens (primary N) is 1. The number of aryl methyl sites for hydroxylation is 1. The first-order valence-corrected chi connectivity index (χ1v) is 4.66. The van der Waals surface area contributed by atoms with Crippen molar-refractivity contribution in [1.82, 2.24) is 0 Å². The van der Waals surface area contributed by atoms with Crippen molar-refractivity contribution in [2.75, 3.05) is 13.2 Å². The number of ether oxygens (including phenoxy) is 1. The van der Waals surface area contributed by atoms with Crippen molar-refractivity contribution < 1.29 is 9.53 Å². The van der Waals surface area contributed by atoms with Crippen LogP contribution < -0.4 is 5.73 Å². The van der Waals surface area contributed by atoms with Crippen molar-refractivity contribution in [2.24, 2.45) is 10.7 Å². The standard InChI is InChI=1S/C11H14N2O2/c1-9-2-4-10(5-3-9)11(12)13-6-7-15-8-14/h2-5,8H,6-7H2,1H3,(H2,12,13). The topological polar surface area (TPSA) is 64.7 Å². The maximum atomic E-state index is 9.86. The van der Waals surface area contributed by atoms with Gasteiger partial charge in [-0.2, -0.15) is 0 Å². The monoisotopic (exact) mass is 206 g/mol. The fourth-order valence-electron chi connectivity index (χ4n) is 1.08. The summed E-state index contributed by atoms with van der Waals surface area (Å²) in [4.78, 5) is 13.9. The molecule has 0 atom stereocenters. The molecular weight excluding hydrogens is 192 g/mol. The Morgan fingerprint density at radius 2 is 2.13 bits per heavy atom. The van der Waals surface area contributed by atoms with Crippen LogP contribution in [0.5, 0.6) is 0 Å². The van der Waals surface area contributed by atoms with Crippen LogP contribution in [0.2, 0.25) is 0 Å². The largest absolute Gasteiger partial charge is 0.466 e. The molecule has 0 aliphatic heterocycles. The Labute approximate surface area is 88.8 Å². The highest BCUT2D eigenvalue weighted by Crippen LogP contribution is 2.02. The Kier molecular flexibility index (Phi) is 4.34. The molecule has 0 heterocycles. The van der Waals surface area contributed by atoms with Crippen molar-refractivity contribution in [1.29, 1.82) is 0 Å². The Hall–Kier alpha value is -1.84. The van der Waals surface area contributed by atoms with Gasteiger partial charge in [0, 0.05) is 5.56 Å². The predicted molar refractivity (Wildman–Crippen MR) is 58.8 cm³/mol. The van der Waals surface area contributed by atoms with E-state index in [1.165, 1.54) is 5.56 Å². The minimum atomic E-state index is 0.260. The maximum absolute atomic E-state index is 9.86. The second-order valence-electron chi connectivity index (χ2n) is 3.10. The van der Waals surface area contributed by atoms with Gasteiger partial charge in [0.25, 0.3) is 6.47 Å². The van der Waals surface area contributed by atoms with Gasteiger partial charge in [0.05, 0.1) is 6.54 Å². The lowest BCUT2D eigenvalue weighted by atomic mass is 10.1. The summed E-state index contributed by atoms with van der Waals surface area (Å²) in [6, 6.07) is 7.77. The summed E-state index contributed by atoms with van der Waals surface area (Å²) in [6.07, 6.45) is 0. The third-order valence-corrected chi connectivity index (χ3v) is 1.91. The molecule has 1 aromatic rings. The SMILES string of the molecule is Cc1ccc(C(N)=NCCOC=O)cc1. The summed E-state index contributed by atoms with van der Waals surface area (Å²) < 4.78 is 4.50. The van der Waals surface area contributed by atoms with Crippen molar-refractivity contribution in [2.45, 2.75) is 6.92 Å². The summed E-state index contributed by atoms with van der Waals surface area (Å²) in [7, 11) is 0. The van der Waals surface area contributed by atoms with Crippen LogP contribution >= 0.6 is 0 Å². The number of aliphatic imine (C=N–C) groups is 1. The highest BCUT2D eigenvalue weighted by atomic mass is 16.5. The van der Waals surface area contributed by atoms with Crippen LogP contribution in [0.25, 0.3) is 0 Å². The summed E-state index contributed by atoms with van der Waals surface area (Å²) >= 11 is 0. The maximum Gasteiger partial charge on any atom is 0.293 e. The first-order chi connectivity index (χ1) is 7.24. The normalized spacial score (nSPS) is 11.1. The number of carbonyl (C=O) groups is 1. The highest BCUT2D eigenvalue weighted by molar-refractivity contribution is 5.97. The van der Waals surface area contributed by atoms with Gasteiger partial charge in [0.1, 0.15) is 12.4 Å². The number of nitrogens with zero attached hydrogens (tertiary/aromatic N) is 1. The molecule has 0 aromatic heterocycles. The molecule has 0 saturated carbocycles. The van der Waals surface area contributed by atoms with Crippen LogP contribution in [0, 0.1) is 6.92 Å². The summed E-state index contributed by atoms with van der Waals surface area (Å²) in [5, 5.41) is 0. The first-order valence-electron chi connectivity index (χ1n) is 4.66. The van der Waals surface area contributed by atoms with E-state index in [-0.39, 0.29) is 6.61 Å². The van der Waals surface area contributed by atoms with E-state index in [1.54, 1.807) is 0 Å². The van der Waals surface area contributed by atoms with Gasteiger partial charge in [-0.1, -0.05) is 29.8 Å². The first kappa shape index (κ1) is 11.2. The van der Waals surface area contributed by atoms with E-state index in [0.29, 0.717) is 18.9 Å². The minimum absolute atomic E-state index is 0.260. The highest BCUT2D eigenvalue weighted by Gasteiger charge is 1.96. The van der Waals surface area contributed by atoms with Crippen molar-refractivity contribution in [3.63, 3.8) is 0 Å². The lowest BCUT2D eigenvalue weighted by molar-refractivity contribution is -0.128. The smallest absolute Gasteiger partial charge is 0.293 e. The molecule has 0 amide bonds. The third kappa shape index (κ3) is 3.81. The van der Waals surface area contributed by atoms with Crippen LogP contribution in [0.15, 0.2) is 29.3 Å². The fourth-order valence-corrected chi connectivity index (χ4v) is 1.08. The van der Waals surface area contributed by atoms with E-state index < -0.39 is 0 Å². The zero-order valence-electron chi connectivity index (χ0n) is 8.64. The Bertz CT molecular complexity index is 344. The number of hydrogen-bond acceptors (Lipinski definition) is 3. The second kappa shape index (κ2) is 5.80. The number of rotatable bonds is 5. The zero-order chi connectivity index (χ0) is 11.1. The predicted octanol–water partition coefficient (Wildman–Crippen LogP) is 0.873. The quantitative estimate of drug-likeness (QED) is 0.336. The van der Waals surface area contributed by atoms with Gasteiger partial charge < -0.3 is 10.5 Å². The molecule has 4 heteroatoms. The van der Waals surface area contributed by atoms with Gasteiger partial charge in [0.2, 0.25) is 0 Å². The molecule has 0 spiro atoms. The van der Waals surface area contributed by atoms with Gasteiger partial charge >= 0.3 is 0 Å². The molecule has 0 fully saturated rings. The van der Waals surface area contributed by atoms with Crippen LogP contribution in [-0.4, -0.2) is 25.5 Å². The molecule has 2 N–H and O–H groups in total. The molecule has 4 nitrogen and oxygen atoms in total. The molecule has 1 rings (SSSR count). The molecule has 80 valence electrons. The lowest BCUT2D eigenvalue weighted by Gasteiger charge is -2.01. The van der Waals surface area contributed by atoms with E-state index in [2.05, 4.69) is 9.73 Å². The molecular formula is C11H14N2O2. The Morgan fingerprint density at radius 1 is 1.47 bits per heavy atom. The Balaban J connectivity index is 2.55. The molecule has 15 heavy (non-hydrogen) atoms. The summed E-state index contributed by atoms with van der Waals surface area (Å²) in [5.74, 6) is 0.462. The minimum Gasteiger partial charge on any atom is -0.466 e. The zero-order valence-corrected chi connectivity index (χ0v) is 8.64. The van der Waals surface area contributed by atoms with Crippen molar-refractivity contribution >= 4 is 12.3 Å². The average Bonchev–Trinajstić information content (AvgIpc) is 2.25. The van der Waals surface area contributed by atoms with E-state index in [1.807, 2.05) is 31.2 Å². The van der Waals surface area contributed by atoms with E-state index >= 15 is 0 Å². The van der Waals surface area contributed by atoms with E-state index in [4.69, 9.17) is 5.73 Å². The van der Waals surface area contributed by atoms with Crippen LogP contribution in [0.4, 0.5) is 0 Å². The van der Waals surface area contributed by atoms with Crippen molar-refractivity contribution in [3.8, 4) is 0 Å². The van der Waals surface area contributed by atoms with Gasteiger partial charge in [-0.25, -0.2) is 0 Å².